The molecule has 3 heteroatoms. The fraction of sp³-hybridized carbons (Fsp3) is 0.250. The summed E-state index contributed by atoms with van der Waals surface area (Å²) >= 11 is 4.63. The maximum absolute atomic E-state index is 5.12. The van der Waals surface area contributed by atoms with Gasteiger partial charge >= 0.3 is 0 Å². The van der Waals surface area contributed by atoms with Crippen molar-refractivity contribution in [3.8, 4) is 5.75 Å². The lowest BCUT2D eigenvalue weighted by molar-refractivity contribution is 0.414. The zero-order valence-corrected chi connectivity index (χ0v) is 10.6. The summed E-state index contributed by atoms with van der Waals surface area (Å²) in [6.07, 6.45) is 0. The molecule has 11 heavy (non-hydrogen) atoms. The second-order valence-corrected chi connectivity index (χ2v) is 4.54. The van der Waals surface area contributed by atoms with Crippen molar-refractivity contribution in [3.63, 3.8) is 0 Å². The van der Waals surface area contributed by atoms with Crippen molar-refractivity contribution in [1.82, 2.24) is 0 Å². The largest absolute Gasteiger partial charge is 0.497 e. The molecule has 0 spiro atoms. The molecule has 1 aromatic carbocycles. The Kier molecular flexibility index (Phi) is 3.42. The quantitative estimate of drug-likeness (QED) is 0.687. The van der Waals surface area contributed by atoms with E-state index in [1.165, 1.54) is 12.7 Å². The number of hydrogen-bond acceptors (Lipinski definition) is 1. The van der Waals surface area contributed by atoms with Crippen LogP contribution in [0.1, 0.15) is 5.56 Å². The molecule has 0 aliphatic heterocycles. The van der Waals surface area contributed by atoms with Crippen LogP contribution in [0, 0.1) is 14.1 Å². The van der Waals surface area contributed by atoms with E-state index in [0.717, 1.165) is 5.75 Å². The molecule has 60 valence electrons. The van der Waals surface area contributed by atoms with Gasteiger partial charge in [-0.15, -0.1) is 0 Å². The number of methoxy groups -OCH3 is 1. The van der Waals surface area contributed by atoms with Gasteiger partial charge in [0.2, 0.25) is 0 Å². The molecular formula is C8H8I2O. The Morgan fingerprint density at radius 3 is 2.00 bits per heavy atom. The summed E-state index contributed by atoms with van der Waals surface area (Å²) in [5.74, 6) is 0.935. The summed E-state index contributed by atoms with van der Waals surface area (Å²) in [6.45, 7) is 2.11. The molecule has 0 N–H and O–H groups in total. The molecule has 0 aliphatic carbocycles. The van der Waals surface area contributed by atoms with Gasteiger partial charge < -0.3 is 4.74 Å². The van der Waals surface area contributed by atoms with Crippen molar-refractivity contribution in [2.75, 3.05) is 7.11 Å². The molecule has 0 heterocycles. The van der Waals surface area contributed by atoms with Crippen LogP contribution in [0.5, 0.6) is 5.75 Å². The molecule has 0 fully saturated rings. The molecule has 0 saturated carbocycles. The fourth-order valence-corrected chi connectivity index (χ4v) is 2.45. The van der Waals surface area contributed by atoms with E-state index in [1.54, 1.807) is 7.11 Å². The van der Waals surface area contributed by atoms with Gasteiger partial charge in [0.25, 0.3) is 0 Å². The number of benzene rings is 1. The van der Waals surface area contributed by atoms with Crippen molar-refractivity contribution in [3.05, 3.63) is 24.8 Å². The van der Waals surface area contributed by atoms with E-state index in [2.05, 4.69) is 52.1 Å². The number of ether oxygens (including phenoxy) is 1. The molecule has 0 radical (unpaired) electrons. The molecule has 0 amide bonds. The van der Waals surface area contributed by atoms with Gasteiger partial charge in [0.15, 0.2) is 0 Å². The second kappa shape index (κ2) is 3.93. The van der Waals surface area contributed by atoms with Crippen molar-refractivity contribution in [2.45, 2.75) is 6.92 Å². The Balaban J connectivity index is 3.21. The van der Waals surface area contributed by atoms with E-state index < -0.39 is 0 Å². The van der Waals surface area contributed by atoms with Crippen molar-refractivity contribution in [2.24, 2.45) is 0 Å². The number of halogens is 2. The molecule has 1 rings (SSSR count). The normalized spacial score (nSPS) is 9.82. The smallest absolute Gasteiger partial charge is 0.120 e. The highest BCUT2D eigenvalue weighted by Crippen LogP contribution is 2.24. The second-order valence-electron chi connectivity index (χ2n) is 2.22. The van der Waals surface area contributed by atoms with E-state index in [0.29, 0.717) is 0 Å². The van der Waals surface area contributed by atoms with Gasteiger partial charge in [0.1, 0.15) is 5.75 Å². The maximum atomic E-state index is 5.12. The molecule has 0 saturated heterocycles. The van der Waals surface area contributed by atoms with Crippen LogP contribution in [0.15, 0.2) is 12.1 Å². The summed E-state index contributed by atoms with van der Waals surface area (Å²) in [5, 5.41) is 0. The highest BCUT2D eigenvalue weighted by Gasteiger charge is 2.01. The summed E-state index contributed by atoms with van der Waals surface area (Å²) in [6, 6.07) is 4.08. The predicted octanol–water partition coefficient (Wildman–Crippen LogP) is 3.21. The summed E-state index contributed by atoms with van der Waals surface area (Å²) in [4.78, 5) is 0. The average molecular weight is 374 g/mol. The van der Waals surface area contributed by atoms with Crippen molar-refractivity contribution < 1.29 is 4.74 Å². The van der Waals surface area contributed by atoms with Crippen LogP contribution in [-0.2, 0) is 0 Å². The number of rotatable bonds is 1. The average Bonchev–Trinajstić information content (AvgIpc) is 1.99. The first-order chi connectivity index (χ1) is 5.15. The molecule has 0 unspecified atom stereocenters. The van der Waals surface area contributed by atoms with Crippen LogP contribution in [0.3, 0.4) is 0 Å². The minimum Gasteiger partial charge on any atom is -0.497 e. The first-order valence-electron chi connectivity index (χ1n) is 3.15. The van der Waals surface area contributed by atoms with Crippen molar-refractivity contribution >= 4 is 45.2 Å². The van der Waals surface area contributed by atoms with E-state index >= 15 is 0 Å². The first-order valence-corrected chi connectivity index (χ1v) is 5.30. The van der Waals surface area contributed by atoms with Gasteiger partial charge in [0.05, 0.1) is 7.11 Å². The van der Waals surface area contributed by atoms with E-state index in [4.69, 9.17) is 4.74 Å². The van der Waals surface area contributed by atoms with Gasteiger partial charge in [-0.25, -0.2) is 0 Å². The molecular weight excluding hydrogens is 366 g/mol. The van der Waals surface area contributed by atoms with E-state index in [-0.39, 0.29) is 0 Å². The highest BCUT2D eigenvalue weighted by molar-refractivity contribution is 14.1. The minimum absolute atomic E-state index is 0.935. The van der Waals surface area contributed by atoms with Crippen LogP contribution in [0.25, 0.3) is 0 Å². The molecule has 0 bridgehead atoms. The lowest BCUT2D eigenvalue weighted by Gasteiger charge is -2.04. The van der Waals surface area contributed by atoms with E-state index in [9.17, 15) is 0 Å². The Morgan fingerprint density at radius 2 is 1.64 bits per heavy atom. The summed E-state index contributed by atoms with van der Waals surface area (Å²) in [7, 11) is 1.69. The fourth-order valence-electron chi connectivity index (χ4n) is 0.740. The first kappa shape index (κ1) is 9.57. The van der Waals surface area contributed by atoms with Gasteiger partial charge in [-0.1, -0.05) is 0 Å². The molecule has 0 atom stereocenters. The summed E-state index contributed by atoms with van der Waals surface area (Å²) < 4.78 is 7.63. The molecule has 0 aliphatic rings. The zero-order valence-electron chi connectivity index (χ0n) is 6.32. The third-order valence-electron chi connectivity index (χ3n) is 1.49. The maximum Gasteiger partial charge on any atom is 0.120 e. The van der Waals surface area contributed by atoms with Gasteiger partial charge in [-0.2, -0.15) is 0 Å². The van der Waals surface area contributed by atoms with Gasteiger partial charge in [-0.3, -0.25) is 0 Å². The Labute approximate surface area is 93.8 Å². The third kappa shape index (κ3) is 2.21. The monoisotopic (exact) mass is 374 g/mol. The van der Waals surface area contributed by atoms with E-state index in [1.807, 2.05) is 12.1 Å². The Hall–Kier alpha value is 0.480. The molecule has 1 nitrogen and oxygen atoms in total. The van der Waals surface area contributed by atoms with Crippen LogP contribution in [0.4, 0.5) is 0 Å². The Bertz CT molecular complexity index is 248. The SMILES string of the molecule is COc1cc(I)c(C)c(I)c1. The minimum atomic E-state index is 0.935. The topological polar surface area (TPSA) is 9.23 Å². The molecule has 0 aromatic heterocycles. The van der Waals surface area contributed by atoms with Crippen LogP contribution in [-0.4, -0.2) is 7.11 Å². The summed E-state index contributed by atoms with van der Waals surface area (Å²) in [5.41, 5.74) is 1.33. The van der Waals surface area contributed by atoms with Crippen LogP contribution >= 0.6 is 45.2 Å². The highest BCUT2D eigenvalue weighted by atomic mass is 127. The van der Waals surface area contributed by atoms with Crippen molar-refractivity contribution in [1.29, 1.82) is 0 Å². The lowest BCUT2D eigenvalue weighted by atomic mass is 10.2. The van der Waals surface area contributed by atoms with Crippen LogP contribution < -0.4 is 4.74 Å². The molecule has 1 aromatic rings. The zero-order chi connectivity index (χ0) is 8.43. The van der Waals surface area contributed by atoms with Gasteiger partial charge in [-0.05, 0) is 69.8 Å². The van der Waals surface area contributed by atoms with Gasteiger partial charge in [0, 0.05) is 7.14 Å². The van der Waals surface area contributed by atoms with Crippen LogP contribution in [0.2, 0.25) is 0 Å². The Morgan fingerprint density at radius 1 is 1.18 bits per heavy atom. The third-order valence-corrected chi connectivity index (χ3v) is 3.73. The standard InChI is InChI=1S/C8H8I2O/c1-5-7(9)3-6(11-2)4-8(5)10/h3-4H,1-2H3. The number of hydrogen-bond donors (Lipinski definition) is 0. The lowest BCUT2D eigenvalue weighted by Crippen LogP contribution is -1.89. The predicted molar refractivity (Wildman–Crippen MR) is 63.2 cm³/mol.